The summed E-state index contributed by atoms with van der Waals surface area (Å²) < 4.78 is 5.25. The molecule has 112 valence electrons. The number of methoxy groups -OCH3 is 1. The lowest BCUT2D eigenvalue weighted by Gasteiger charge is -2.29. The van der Waals surface area contributed by atoms with Gasteiger partial charge in [0, 0.05) is 38.1 Å². The quantitative estimate of drug-likeness (QED) is 0.890. The number of piperazine rings is 1. The van der Waals surface area contributed by atoms with E-state index in [1.54, 1.807) is 25.4 Å². The van der Waals surface area contributed by atoms with Gasteiger partial charge in [-0.1, -0.05) is 23.2 Å². The molecule has 0 aromatic heterocycles. The van der Waals surface area contributed by atoms with Crippen molar-refractivity contribution in [1.82, 2.24) is 10.2 Å². The van der Waals surface area contributed by atoms with E-state index < -0.39 is 0 Å². The predicted molar refractivity (Wildman–Crippen MR) is 84.8 cm³/mol. The summed E-state index contributed by atoms with van der Waals surface area (Å²) in [5.74, 6) is 0.615. The van der Waals surface area contributed by atoms with Crippen LogP contribution in [0.2, 0.25) is 10.0 Å². The molecule has 21 heavy (non-hydrogen) atoms. The Bertz CT molecular complexity index is 571. The van der Waals surface area contributed by atoms with Crippen molar-refractivity contribution >= 4 is 28.9 Å². The summed E-state index contributed by atoms with van der Waals surface area (Å²) in [5.41, 5.74) is 0.732. The topological polar surface area (TPSA) is 60.3 Å². The fraction of sp³-hybridized carbons (Fsp3) is 0.357. The third kappa shape index (κ3) is 4.18. The number of hydrogen-bond acceptors (Lipinski definition) is 5. The first-order valence-corrected chi connectivity index (χ1v) is 7.23. The van der Waals surface area contributed by atoms with Gasteiger partial charge in [0.05, 0.1) is 28.9 Å². The van der Waals surface area contributed by atoms with Crippen molar-refractivity contribution in [2.24, 2.45) is 0 Å². The Balaban J connectivity index is 2.01. The monoisotopic (exact) mass is 326 g/mol. The first-order chi connectivity index (χ1) is 10.1. The third-order valence-corrected chi connectivity index (χ3v) is 3.85. The Labute approximate surface area is 134 Å². The molecule has 0 bridgehead atoms. The highest BCUT2D eigenvalue weighted by atomic mass is 35.5. The van der Waals surface area contributed by atoms with E-state index in [1.807, 2.05) is 6.20 Å². The average Bonchev–Trinajstić information content (AvgIpc) is 2.50. The van der Waals surface area contributed by atoms with Crippen LogP contribution in [-0.4, -0.2) is 37.7 Å². The van der Waals surface area contributed by atoms with E-state index in [2.05, 4.69) is 21.6 Å². The zero-order valence-corrected chi connectivity index (χ0v) is 13.1. The smallest absolute Gasteiger partial charge is 0.143 e. The van der Waals surface area contributed by atoms with Crippen LogP contribution in [0.3, 0.4) is 0 Å². The van der Waals surface area contributed by atoms with Crippen molar-refractivity contribution in [3.05, 3.63) is 34.6 Å². The third-order valence-electron chi connectivity index (χ3n) is 3.13. The van der Waals surface area contributed by atoms with Crippen LogP contribution in [0.4, 0.5) is 5.69 Å². The fourth-order valence-corrected chi connectivity index (χ4v) is 2.35. The molecular formula is C14H16Cl2N4O. The molecule has 1 saturated heterocycles. The zero-order chi connectivity index (χ0) is 15.2. The summed E-state index contributed by atoms with van der Waals surface area (Å²) in [6.45, 7) is 2.31. The van der Waals surface area contributed by atoms with Gasteiger partial charge >= 0.3 is 0 Å². The van der Waals surface area contributed by atoms with Crippen LogP contribution in [-0.2, 0) is 0 Å². The highest BCUT2D eigenvalue weighted by molar-refractivity contribution is 6.42. The van der Waals surface area contributed by atoms with Crippen LogP contribution >= 0.6 is 23.2 Å². The molecule has 5 nitrogen and oxygen atoms in total. The SMILES string of the molecule is COc1cc(Cl)c(Cl)cc1NC=CN1CCNC(C#N)C1. The van der Waals surface area contributed by atoms with E-state index in [4.69, 9.17) is 33.2 Å². The van der Waals surface area contributed by atoms with E-state index in [-0.39, 0.29) is 6.04 Å². The van der Waals surface area contributed by atoms with Crippen molar-refractivity contribution in [2.45, 2.75) is 6.04 Å². The molecule has 1 aromatic rings. The van der Waals surface area contributed by atoms with Gasteiger partial charge in [-0.05, 0) is 6.07 Å². The molecule has 1 aliphatic rings. The maximum absolute atomic E-state index is 8.91. The molecule has 0 saturated carbocycles. The van der Waals surface area contributed by atoms with Gasteiger partial charge in [-0.3, -0.25) is 5.32 Å². The maximum Gasteiger partial charge on any atom is 0.143 e. The maximum atomic E-state index is 8.91. The second-order valence-corrected chi connectivity index (χ2v) is 5.37. The summed E-state index contributed by atoms with van der Waals surface area (Å²) in [7, 11) is 1.57. The Hall–Kier alpha value is -1.61. The standard InChI is InChI=1S/C14H16Cl2N4O/c1-21-14-7-12(16)11(15)6-13(14)19-3-5-20-4-2-18-10(8-17)9-20/h3,5-7,10,18-19H,2,4,9H2,1H3. The molecule has 0 aliphatic carbocycles. The molecule has 2 rings (SSSR count). The molecule has 1 atom stereocenters. The van der Waals surface area contributed by atoms with Crippen LogP contribution in [0.5, 0.6) is 5.75 Å². The van der Waals surface area contributed by atoms with E-state index in [1.165, 1.54) is 0 Å². The van der Waals surface area contributed by atoms with Gasteiger partial charge in [-0.25, -0.2) is 0 Å². The second kappa shape index (κ2) is 7.41. The van der Waals surface area contributed by atoms with Crippen molar-refractivity contribution < 1.29 is 4.74 Å². The predicted octanol–water partition coefficient (Wildman–Crippen LogP) is 2.68. The summed E-state index contributed by atoms with van der Waals surface area (Å²) in [6, 6.07) is 5.45. The molecule has 1 unspecified atom stereocenters. The largest absolute Gasteiger partial charge is 0.495 e. The Morgan fingerprint density at radius 2 is 2.24 bits per heavy atom. The molecule has 0 amide bonds. The molecular weight excluding hydrogens is 311 g/mol. The Morgan fingerprint density at radius 3 is 2.95 bits per heavy atom. The van der Waals surface area contributed by atoms with E-state index in [0.717, 1.165) is 18.8 Å². The summed E-state index contributed by atoms with van der Waals surface area (Å²) >= 11 is 12.0. The molecule has 0 radical (unpaired) electrons. The minimum absolute atomic E-state index is 0.136. The number of nitrogens with one attached hydrogen (secondary N) is 2. The number of ether oxygens (including phenoxy) is 1. The number of rotatable bonds is 4. The number of benzene rings is 1. The van der Waals surface area contributed by atoms with Crippen LogP contribution in [0.1, 0.15) is 0 Å². The molecule has 2 N–H and O–H groups in total. The summed E-state index contributed by atoms with van der Waals surface area (Å²) in [4.78, 5) is 2.07. The highest BCUT2D eigenvalue weighted by Gasteiger charge is 2.15. The lowest BCUT2D eigenvalue weighted by molar-refractivity contribution is 0.294. The van der Waals surface area contributed by atoms with Crippen LogP contribution in [0.25, 0.3) is 0 Å². The van der Waals surface area contributed by atoms with Crippen molar-refractivity contribution in [1.29, 1.82) is 5.26 Å². The number of anilines is 1. The molecule has 1 aromatic carbocycles. The van der Waals surface area contributed by atoms with E-state index in [9.17, 15) is 0 Å². The second-order valence-electron chi connectivity index (χ2n) is 4.56. The number of halogens is 2. The fourth-order valence-electron chi connectivity index (χ4n) is 2.04. The number of hydrogen-bond donors (Lipinski definition) is 2. The van der Waals surface area contributed by atoms with Gasteiger partial charge in [0.2, 0.25) is 0 Å². The minimum atomic E-state index is -0.136. The first kappa shape index (κ1) is 15.8. The lowest BCUT2D eigenvalue weighted by atomic mass is 10.2. The summed E-state index contributed by atoms with van der Waals surface area (Å²) in [6.07, 6.45) is 3.70. The summed E-state index contributed by atoms with van der Waals surface area (Å²) in [5, 5.41) is 16.1. The Morgan fingerprint density at radius 1 is 1.48 bits per heavy atom. The van der Waals surface area contributed by atoms with E-state index in [0.29, 0.717) is 22.3 Å². The molecule has 7 heteroatoms. The lowest BCUT2D eigenvalue weighted by Crippen LogP contribution is -2.47. The van der Waals surface area contributed by atoms with Crippen molar-refractivity contribution in [3.63, 3.8) is 0 Å². The van der Waals surface area contributed by atoms with Crippen LogP contribution in [0, 0.1) is 11.3 Å². The Kier molecular flexibility index (Phi) is 5.57. The van der Waals surface area contributed by atoms with Crippen molar-refractivity contribution in [3.8, 4) is 11.8 Å². The average molecular weight is 327 g/mol. The van der Waals surface area contributed by atoms with E-state index >= 15 is 0 Å². The minimum Gasteiger partial charge on any atom is -0.495 e. The number of nitriles is 1. The molecule has 1 heterocycles. The van der Waals surface area contributed by atoms with Gasteiger partial charge in [0.25, 0.3) is 0 Å². The van der Waals surface area contributed by atoms with Gasteiger partial charge < -0.3 is 15.0 Å². The van der Waals surface area contributed by atoms with Crippen LogP contribution in [0.15, 0.2) is 24.5 Å². The highest BCUT2D eigenvalue weighted by Crippen LogP contribution is 2.34. The van der Waals surface area contributed by atoms with Crippen molar-refractivity contribution in [2.75, 3.05) is 32.1 Å². The van der Waals surface area contributed by atoms with Gasteiger partial charge in [-0.2, -0.15) is 5.26 Å². The van der Waals surface area contributed by atoms with Gasteiger partial charge in [0.15, 0.2) is 0 Å². The van der Waals surface area contributed by atoms with Gasteiger partial charge in [0.1, 0.15) is 11.8 Å². The molecule has 1 fully saturated rings. The first-order valence-electron chi connectivity index (χ1n) is 6.47. The van der Waals surface area contributed by atoms with Crippen LogP contribution < -0.4 is 15.4 Å². The van der Waals surface area contributed by atoms with Gasteiger partial charge in [-0.15, -0.1) is 0 Å². The molecule has 0 spiro atoms. The normalized spacial score (nSPS) is 18.6. The molecule has 1 aliphatic heterocycles. The number of nitrogens with zero attached hydrogens (tertiary/aromatic N) is 2. The zero-order valence-electron chi connectivity index (χ0n) is 11.6.